The Hall–Kier alpha value is -2.54. The van der Waals surface area contributed by atoms with Gasteiger partial charge in [0.2, 0.25) is 5.95 Å². The molecule has 0 saturated carbocycles. The third-order valence-corrected chi connectivity index (χ3v) is 3.88. The number of rotatable bonds is 2. The van der Waals surface area contributed by atoms with E-state index in [9.17, 15) is 8.78 Å². The molecule has 0 radical (unpaired) electrons. The summed E-state index contributed by atoms with van der Waals surface area (Å²) in [5.41, 5.74) is 1.75. The van der Waals surface area contributed by atoms with Crippen LogP contribution < -0.4 is 4.90 Å². The SMILES string of the molecule is Fc1ccc(-c2cn3c(F)cnc(N4CCOCC4)c3n2)cc1. The van der Waals surface area contributed by atoms with Gasteiger partial charge in [-0.3, -0.25) is 4.40 Å². The van der Waals surface area contributed by atoms with Gasteiger partial charge in [0.1, 0.15) is 5.82 Å². The molecule has 23 heavy (non-hydrogen) atoms. The third kappa shape index (κ3) is 2.53. The van der Waals surface area contributed by atoms with Crippen molar-refractivity contribution in [2.45, 2.75) is 0 Å². The average Bonchev–Trinajstić information content (AvgIpc) is 3.03. The highest BCUT2D eigenvalue weighted by Crippen LogP contribution is 2.25. The second-order valence-electron chi connectivity index (χ2n) is 5.33. The van der Waals surface area contributed by atoms with Crippen molar-refractivity contribution in [3.05, 3.63) is 48.4 Å². The van der Waals surface area contributed by atoms with Crippen molar-refractivity contribution in [1.82, 2.24) is 14.4 Å². The Morgan fingerprint density at radius 2 is 1.78 bits per heavy atom. The lowest BCUT2D eigenvalue weighted by Gasteiger charge is -2.27. The summed E-state index contributed by atoms with van der Waals surface area (Å²) in [5.74, 6) is -0.180. The molecule has 1 fully saturated rings. The minimum atomic E-state index is -0.488. The maximum Gasteiger partial charge on any atom is 0.218 e. The van der Waals surface area contributed by atoms with Gasteiger partial charge in [0.05, 0.1) is 25.1 Å². The minimum Gasteiger partial charge on any atom is -0.378 e. The number of halogens is 2. The van der Waals surface area contributed by atoms with Crippen molar-refractivity contribution in [3.8, 4) is 11.3 Å². The molecule has 0 bridgehead atoms. The van der Waals surface area contributed by atoms with Gasteiger partial charge in [-0.2, -0.15) is 4.39 Å². The van der Waals surface area contributed by atoms with E-state index in [0.717, 1.165) is 5.56 Å². The van der Waals surface area contributed by atoms with Crippen LogP contribution >= 0.6 is 0 Å². The minimum absolute atomic E-state index is 0.320. The number of nitrogens with zero attached hydrogens (tertiary/aromatic N) is 4. The zero-order chi connectivity index (χ0) is 15.8. The second kappa shape index (κ2) is 5.58. The Bertz CT molecular complexity index is 841. The number of morpholine rings is 1. The molecule has 0 amide bonds. The Morgan fingerprint density at radius 1 is 1.04 bits per heavy atom. The molecular formula is C16H14F2N4O. The van der Waals surface area contributed by atoms with E-state index >= 15 is 0 Å². The zero-order valence-corrected chi connectivity index (χ0v) is 12.2. The highest BCUT2D eigenvalue weighted by atomic mass is 19.1. The maximum absolute atomic E-state index is 14.1. The van der Waals surface area contributed by atoms with Crippen LogP contribution in [0.25, 0.3) is 16.9 Å². The van der Waals surface area contributed by atoms with Crippen LogP contribution in [0.15, 0.2) is 36.7 Å². The first-order chi connectivity index (χ1) is 11.2. The number of imidazole rings is 1. The van der Waals surface area contributed by atoms with Crippen molar-refractivity contribution in [2.75, 3.05) is 31.2 Å². The van der Waals surface area contributed by atoms with Crippen molar-refractivity contribution >= 4 is 11.5 Å². The molecule has 5 nitrogen and oxygen atoms in total. The Balaban J connectivity index is 1.83. The van der Waals surface area contributed by atoms with E-state index in [1.807, 2.05) is 4.90 Å². The van der Waals surface area contributed by atoms with Gasteiger partial charge in [-0.25, -0.2) is 14.4 Å². The van der Waals surface area contributed by atoms with Crippen molar-refractivity contribution in [3.63, 3.8) is 0 Å². The molecule has 1 aromatic carbocycles. The normalized spacial score (nSPS) is 15.3. The molecule has 1 aliphatic rings. The Morgan fingerprint density at radius 3 is 2.52 bits per heavy atom. The Labute approximate surface area is 131 Å². The van der Waals surface area contributed by atoms with Gasteiger partial charge >= 0.3 is 0 Å². The molecule has 0 atom stereocenters. The molecule has 4 rings (SSSR count). The summed E-state index contributed by atoms with van der Waals surface area (Å²) in [6, 6.07) is 5.96. The number of hydrogen-bond acceptors (Lipinski definition) is 4. The van der Waals surface area contributed by atoms with Crippen molar-refractivity contribution in [1.29, 1.82) is 0 Å². The Kier molecular flexibility index (Phi) is 3.42. The molecule has 1 saturated heterocycles. The van der Waals surface area contributed by atoms with Gasteiger partial charge in [0.15, 0.2) is 11.5 Å². The lowest BCUT2D eigenvalue weighted by atomic mass is 10.2. The summed E-state index contributed by atoms with van der Waals surface area (Å²) in [4.78, 5) is 10.7. The number of hydrogen-bond donors (Lipinski definition) is 0. The number of fused-ring (bicyclic) bond motifs is 1. The summed E-state index contributed by atoms with van der Waals surface area (Å²) >= 11 is 0. The predicted octanol–water partition coefficient (Wildman–Crippen LogP) is 2.51. The molecular weight excluding hydrogens is 302 g/mol. The first kappa shape index (κ1) is 14.1. The molecule has 0 aliphatic carbocycles. The van der Waals surface area contributed by atoms with E-state index in [4.69, 9.17) is 4.74 Å². The number of ether oxygens (including phenoxy) is 1. The maximum atomic E-state index is 14.1. The van der Waals surface area contributed by atoms with Crippen LogP contribution in [-0.2, 0) is 4.74 Å². The average molecular weight is 316 g/mol. The quantitative estimate of drug-likeness (QED) is 0.728. The molecule has 0 unspecified atom stereocenters. The molecule has 118 valence electrons. The lowest BCUT2D eigenvalue weighted by molar-refractivity contribution is 0.122. The summed E-state index contributed by atoms with van der Waals surface area (Å²) in [7, 11) is 0. The van der Waals surface area contributed by atoms with Gasteiger partial charge < -0.3 is 9.64 Å². The standard InChI is InChI=1S/C16H14F2N4O/c17-12-3-1-11(2-4-12)13-10-22-14(18)9-19-15(16(22)20-13)21-5-7-23-8-6-21/h1-4,9-10H,5-8H2. The first-order valence-electron chi connectivity index (χ1n) is 7.34. The van der Waals surface area contributed by atoms with Crippen LogP contribution in [0.2, 0.25) is 0 Å². The van der Waals surface area contributed by atoms with Crippen LogP contribution in [-0.4, -0.2) is 40.7 Å². The molecule has 2 aromatic heterocycles. The van der Waals surface area contributed by atoms with Crippen molar-refractivity contribution < 1.29 is 13.5 Å². The fourth-order valence-corrected chi connectivity index (χ4v) is 2.69. The second-order valence-corrected chi connectivity index (χ2v) is 5.33. The summed E-state index contributed by atoms with van der Waals surface area (Å²) in [6.07, 6.45) is 2.79. The van der Waals surface area contributed by atoms with Gasteiger partial charge in [0, 0.05) is 24.8 Å². The van der Waals surface area contributed by atoms with Crippen LogP contribution in [0.5, 0.6) is 0 Å². The molecule has 0 N–H and O–H groups in total. The molecule has 3 heterocycles. The van der Waals surface area contributed by atoms with E-state index in [1.165, 1.54) is 22.7 Å². The van der Waals surface area contributed by atoms with Crippen LogP contribution in [0.4, 0.5) is 14.6 Å². The zero-order valence-electron chi connectivity index (χ0n) is 12.2. The lowest BCUT2D eigenvalue weighted by Crippen LogP contribution is -2.37. The first-order valence-corrected chi connectivity index (χ1v) is 7.34. The molecule has 3 aromatic rings. The van der Waals surface area contributed by atoms with E-state index in [0.29, 0.717) is 43.5 Å². The van der Waals surface area contributed by atoms with E-state index in [-0.39, 0.29) is 5.82 Å². The highest BCUT2D eigenvalue weighted by Gasteiger charge is 2.19. The predicted molar refractivity (Wildman–Crippen MR) is 81.4 cm³/mol. The van der Waals surface area contributed by atoms with E-state index < -0.39 is 5.95 Å². The summed E-state index contributed by atoms with van der Waals surface area (Å²) in [6.45, 7) is 2.59. The fourth-order valence-electron chi connectivity index (χ4n) is 2.69. The number of benzene rings is 1. The summed E-state index contributed by atoms with van der Waals surface area (Å²) < 4.78 is 33.9. The van der Waals surface area contributed by atoms with Crippen LogP contribution in [0, 0.1) is 11.8 Å². The molecule has 1 aliphatic heterocycles. The largest absolute Gasteiger partial charge is 0.378 e. The van der Waals surface area contributed by atoms with Gasteiger partial charge in [0.25, 0.3) is 0 Å². The van der Waals surface area contributed by atoms with Crippen LogP contribution in [0.1, 0.15) is 0 Å². The van der Waals surface area contributed by atoms with Crippen LogP contribution in [0.3, 0.4) is 0 Å². The fraction of sp³-hybridized carbons (Fsp3) is 0.250. The summed E-state index contributed by atoms with van der Waals surface area (Å²) in [5, 5.41) is 0. The molecule has 7 heteroatoms. The molecule has 0 spiro atoms. The smallest absolute Gasteiger partial charge is 0.218 e. The monoisotopic (exact) mass is 316 g/mol. The highest BCUT2D eigenvalue weighted by molar-refractivity contribution is 5.70. The van der Waals surface area contributed by atoms with E-state index in [1.54, 1.807) is 18.3 Å². The van der Waals surface area contributed by atoms with Crippen molar-refractivity contribution in [2.24, 2.45) is 0 Å². The van der Waals surface area contributed by atoms with E-state index in [2.05, 4.69) is 9.97 Å². The number of anilines is 1. The van der Waals surface area contributed by atoms with Gasteiger partial charge in [-0.05, 0) is 24.3 Å². The topological polar surface area (TPSA) is 42.7 Å². The number of aromatic nitrogens is 3. The third-order valence-electron chi connectivity index (χ3n) is 3.88. The van der Waals surface area contributed by atoms with Gasteiger partial charge in [-0.15, -0.1) is 0 Å². The van der Waals surface area contributed by atoms with Gasteiger partial charge in [-0.1, -0.05) is 0 Å².